The quantitative estimate of drug-likeness (QED) is 0.187. The van der Waals surface area contributed by atoms with Crippen molar-refractivity contribution in [2.24, 2.45) is 0 Å². The zero-order chi connectivity index (χ0) is 34.2. The molecule has 2 heterocycles. The standard InChI is InChI=1S/C49H31NO2/c1-3-13-34(14-4-1)50(35-15-5-2-6-16-35)36-25-26-38-40-30-33(24-28-45(40)51-48(38)31-36)32-23-27-42-39(29-32)37-17-7-8-18-41(37)49(42)43-19-9-11-21-46(43)52-47-22-12-10-20-44(47)49/h1-31H. The van der Waals surface area contributed by atoms with E-state index in [1.807, 2.05) is 12.1 Å². The van der Waals surface area contributed by atoms with E-state index in [1.165, 1.54) is 38.9 Å². The minimum atomic E-state index is -0.467. The van der Waals surface area contributed by atoms with Crippen molar-refractivity contribution in [2.45, 2.75) is 5.41 Å². The van der Waals surface area contributed by atoms with Gasteiger partial charge in [-0.05, 0) is 100 Å². The van der Waals surface area contributed by atoms with Gasteiger partial charge in [-0.25, -0.2) is 0 Å². The van der Waals surface area contributed by atoms with Crippen molar-refractivity contribution in [3.05, 3.63) is 210 Å². The molecule has 3 nitrogen and oxygen atoms in total. The smallest absolute Gasteiger partial charge is 0.137 e. The molecule has 0 atom stereocenters. The average Bonchev–Trinajstić information content (AvgIpc) is 3.72. The molecular weight excluding hydrogens is 635 g/mol. The molecule has 1 aromatic heterocycles. The predicted octanol–water partition coefficient (Wildman–Crippen LogP) is 13.2. The summed E-state index contributed by atoms with van der Waals surface area (Å²) in [6.07, 6.45) is 0. The van der Waals surface area contributed by atoms with Gasteiger partial charge in [0.1, 0.15) is 22.7 Å². The van der Waals surface area contributed by atoms with Crippen LogP contribution in [-0.2, 0) is 5.41 Å². The minimum absolute atomic E-state index is 0.467. The molecule has 0 amide bonds. The SMILES string of the molecule is c1ccc(N(c2ccccc2)c2ccc3c(c2)oc2ccc(-c4ccc5c(c4)-c4ccccc4C54c5ccccc5Oc5ccccc54)cc23)cc1. The number of para-hydroxylation sites is 4. The highest BCUT2D eigenvalue weighted by Crippen LogP contribution is 2.62. The topological polar surface area (TPSA) is 25.6 Å². The maximum Gasteiger partial charge on any atom is 0.137 e. The Hall–Kier alpha value is -6.84. The first-order valence-electron chi connectivity index (χ1n) is 17.8. The fourth-order valence-corrected chi connectivity index (χ4v) is 8.72. The Kier molecular flexibility index (Phi) is 6.17. The second-order valence-corrected chi connectivity index (χ2v) is 13.7. The van der Waals surface area contributed by atoms with Crippen LogP contribution in [0.1, 0.15) is 22.3 Å². The Morgan fingerprint density at radius 1 is 0.365 bits per heavy atom. The van der Waals surface area contributed by atoms with Crippen molar-refractivity contribution in [3.63, 3.8) is 0 Å². The molecule has 0 saturated heterocycles. The molecule has 2 aliphatic rings. The lowest BCUT2D eigenvalue weighted by molar-refractivity contribution is 0.436. The first kappa shape index (κ1) is 28.9. The van der Waals surface area contributed by atoms with Gasteiger partial charge in [-0.1, -0.05) is 115 Å². The van der Waals surface area contributed by atoms with E-state index in [4.69, 9.17) is 9.15 Å². The lowest BCUT2D eigenvalue weighted by atomic mass is 9.66. The highest BCUT2D eigenvalue weighted by Gasteiger charge is 2.50. The molecule has 8 aromatic carbocycles. The van der Waals surface area contributed by atoms with E-state index in [9.17, 15) is 0 Å². The summed E-state index contributed by atoms with van der Waals surface area (Å²) in [6, 6.07) is 67.0. The van der Waals surface area contributed by atoms with Gasteiger partial charge >= 0.3 is 0 Å². The Bertz CT molecular complexity index is 2750. The lowest BCUT2D eigenvalue weighted by Gasteiger charge is -2.39. The maximum atomic E-state index is 6.53. The van der Waals surface area contributed by atoms with Gasteiger partial charge in [-0.3, -0.25) is 0 Å². The van der Waals surface area contributed by atoms with Crippen molar-refractivity contribution in [1.29, 1.82) is 0 Å². The molecule has 0 bridgehead atoms. The molecule has 244 valence electrons. The fraction of sp³-hybridized carbons (Fsp3) is 0.0204. The van der Waals surface area contributed by atoms with Crippen molar-refractivity contribution < 1.29 is 9.15 Å². The number of nitrogens with zero attached hydrogens (tertiary/aromatic N) is 1. The molecule has 0 N–H and O–H groups in total. The largest absolute Gasteiger partial charge is 0.457 e. The zero-order valence-electron chi connectivity index (χ0n) is 28.2. The summed E-state index contributed by atoms with van der Waals surface area (Å²) >= 11 is 0. The van der Waals surface area contributed by atoms with Crippen LogP contribution >= 0.6 is 0 Å². The van der Waals surface area contributed by atoms with E-state index >= 15 is 0 Å². The third-order valence-corrected chi connectivity index (χ3v) is 10.9. The van der Waals surface area contributed by atoms with E-state index < -0.39 is 5.41 Å². The van der Waals surface area contributed by atoms with Gasteiger partial charge in [-0.15, -0.1) is 0 Å². The Morgan fingerprint density at radius 3 is 1.65 bits per heavy atom. The number of rotatable bonds is 4. The summed E-state index contributed by atoms with van der Waals surface area (Å²) < 4.78 is 13.0. The van der Waals surface area contributed by atoms with Crippen LogP contribution in [0.4, 0.5) is 17.1 Å². The lowest BCUT2D eigenvalue weighted by Crippen LogP contribution is -2.32. The average molecular weight is 666 g/mol. The number of ether oxygens (including phenoxy) is 1. The third-order valence-electron chi connectivity index (χ3n) is 10.9. The third kappa shape index (κ3) is 4.08. The van der Waals surface area contributed by atoms with Crippen LogP contribution in [0.2, 0.25) is 0 Å². The van der Waals surface area contributed by atoms with E-state index in [-0.39, 0.29) is 0 Å². The van der Waals surface area contributed by atoms with Crippen molar-refractivity contribution in [1.82, 2.24) is 0 Å². The van der Waals surface area contributed by atoms with Gasteiger partial charge in [-0.2, -0.15) is 0 Å². The molecule has 9 aromatic rings. The van der Waals surface area contributed by atoms with Crippen molar-refractivity contribution in [2.75, 3.05) is 4.90 Å². The molecule has 1 aliphatic heterocycles. The van der Waals surface area contributed by atoms with E-state index in [0.29, 0.717) is 0 Å². The molecule has 11 rings (SSSR count). The van der Waals surface area contributed by atoms with Crippen molar-refractivity contribution >= 4 is 39.0 Å². The molecule has 52 heavy (non-hydrogen) atoms. The van der Waals surface area contributed by atoms with Gasteiger partial charge < -0.3 is 14.1 Å². The van der Waals surface area contributed by atoms with Crippen LogP contribution in [0.15, 0.2) is 192 Å². The van der Waals surface area contributed by atoms with Crippen LogP contribution in [0.3, 0.4) is 0 Å². The predicted molar refractivity (Wildman–Crippen MR) is 211 cm³/mol. The Labute approximate surface area is 301 Å². The minimum Gasteiger partial charge on any atom is -0.457 e. The fourth-order valence-electron chi connectivity index (χ4n) is 8.72. The van der Waals surface area contributed by atoms with Crippen LogP contribution in [0, 0.1) is 0 Å². The van der Waals surface area contributed by atoms with Gasteiger partial charge in [0.15, 0.2) is 0 Å². The zero-order valence-corrected chi connectivity index (χ0v) is 28.2. The summed E-state index contributed by atoms with van der Waals surface area (Å²) in [4.78, 5) is 2.27. The van der Waals surface area contributed by atoms with Crippen LogP contribution in [0.5, 0.6) is 11.5 Å². The monoisotopic (exact) mass is 665 g/mol. The number of anilines is 3. The molecule has 0 radical (unpaired) electrons. The number of furan rings is 1. The Morgan fingerprint density at radius 2 is 0.942 bits per heavy atom. The van der Waals surface area contributed by atoms with Crippen LogP contribution in [-0.4, -0.2) is 0 Å². The highest BCUT2D eigenvalue weighted by atomic mass is 16.5. The Balaban J connectivity index is 1.05. The normalized spacial score (nSPS) is 13.3. The number of fused-ring (bicyclic) bond motifs is 12. The first-order valence-corrected chi connectivity index (χ1v) is 17.8. The summed E-state index contributed by atoms with van der Waals surface area (Å²) in [7, 11) is 0. The summed E-state index contributed by atoms with van der Waals surface area (Å²) in [5, 5.41) is 2.21. The first-order chi connectivity index (χ1) is 25.8. The van der Waals surface area contributed by atoms with E-state index in [2.05, 4.69) is 181 Å². The number of hydrogen-bond acceptors (Lipinski definition) is 3. The summed E-state index contributed by atoms with van der Waals surface area (Å²) in [5.74, 6) is 1.81. The molecule has 0 saturated carbocycles. The molecule has 3 heteroatoms. The van der Waals surface area contributed by atoms with Gasteiger partial charge in [0.05, 0.1) is 5.41 Å². The molecule has 1 spiro atoms. The van der Waals surface area contributed by atoms with Crippen LogP contribution < -0.4 is 9.64 Å². The van der Waals surface area contributed by atoms with Gasteiger partial charge in [0.2, 0.25) is 0 Å². The molecule has 1 aliphatic carbocycles. The van der Waals surface area contributed by atoms with Gasteiger partial charge in [0.25, 0.3) is 0 Å². The molecular formula is C49H31NO2. The van der Waals surface area contributed by atoms with Crippen molar-refractivity contribution in [3.8, 4) is 33.8 Å². The van der Waals surface area contributed by atoms with E-state index in [1.54, 1.807) is 0 Å². The number of hydrogen-bond donors (Lipinski definition) is 0. The van der Waals surface area contributed by atoms with E-state index in [0.717, 1.165) is 56.1 Å². The maximum absolute atomic E-state index is 6.53. The second-order valence-electron chi connectivity index (χ2n) is 13.7. The van der Waals surface area contributed by atoms with Crippen LogP contribution in [0.25, 0.3) is 44.2 Å². The van der Waals surface area contributed by atoms with Gasteiger partial charge in [0, 0.05) is 45.0 Å². The summed E-state index contributed by atoms with van der Waals surface area (Å²) in [6.45, 7) is 0. The number of benzene rings is 8. The highest BCUT2D eigenvalue weighted by molar-refractivity contribution is 6.07. The molecule has 0 unspecified atom stereocenters. The summed E-state index contributed by atoms with van der Waals surface area (Å²) in [5.41, 5.74) is 14.3. The second kappa shape index (κ2) is 11.1. The molecule has 0 fully saturated rings.